The van der Waals surface area contributed by atoms with Gasteiger partial charge in [-0.1, -0.05) is 18.2 Å². The van der Waals surface area contributed by atoms with Gasteiger partial charge in [-0.25, -0.2) is 15.0 Å². The second-order valence-electron chi connectivity index (χ2n) is 5.10. The summed E-state index contributed by atoms with van der Waals surface area (Å²) in [5.74, 6) is 1.70. The zero-order chi connectivity index (χ0) is 16.4. The number of hydrogen-bond acceptors (Lipinski definition) is 5. The molecule has 0 spiro atoms. The summed E-state index contributed by atoms with van der Waals surface area (Å²) in [6.45, 7) is 0. The van der Waals surface area contributed by atoms with Gasteiger partial charge in [-0.15, -0.1) is 0 Å². The quantitative estimate of drug-likeness (QED) is 0.628. The van der Waals surface area contributed by atoms with Gasteiger partial charge in [-0.3, -0.25) is 4.79 Å². The Labute approximate surface area is 136 Å². The SMILES string of the molecule is O=c1[nH]c(-c2ccncn2)nc2ccc(Oc3ccccc3)cc12. The van der Waals surface area contributed by atoms with Crippen LogP contribution in [-0.4, -0.2) is 19.9 Å². The molecule has 6 nitrogen and oxygen atoms in total. The monoisotopic (exact) mass is 316 g/mol. The molecule has 4 rings (SSSR count). The minimum atomic E-state index is -0.243. The number of H-pyrrole nitrogens is 1. The van der Waals surface area contributed by atoms with E-state index in [9.17, 15) is 4.79 Å². The van der Waals surface area contributed by atoms with E-state index in [2.05, 4.69) is 19.9 Å². The van der Waals surface area contributed by atoms with Crippen LogP contribution in [0.3, 0.4) is 0 Å². The third-order valence-electron chi connectivity index (χ3n) is 3.48. The largest absolute Gasteiger partial charge is 0.457 e. The number of rotatable bonds is 3. The first kappa shape index (κ1) is 14.1. The molecule has 116 valence electrons. The van der Waals surface area contributed by atoms with E-state index in [4.69, 9.17) is 4.74 Å². The van der Waals surface area contributed by atoms with Crippen LogP contribution in [-0.2, 0) is 0 Å². The van der Waals surface area contributed by atoms with Gasteiger partial charge in [0.15, 0.2) is 5.82 Å². The van der Waals surface area contributed by atoms with Gasteiger partial charge >= 0.3 is 0 Å². The average molecular weight is 316 g/mol. The molecular formula is C18H12N4O2. The Morgan fingerprint density at radius 1 is 0.958 bits per heavy atom. The summed E-state index contributed by atoms with van der Waals surface area (Å²) in [4.78, 5) is 27.5. The van der Waals surface area contributed by atoms with Crippen molar-refractivity contribution < 1.29 is 4.74 Å². The van der Waals surface area contributed by atoms with Gasteiger partial charge in [0.25, 0.3) is 5.56 Å². The molecule has 0 aliphatic heterocycles. The first-order valence-electron chi connectivity index (χ1n) is 7.33. The summed E-state index contributed by atoms with van der Waals surface area (Å²) in [7, 11) is 0. The van der Waals surface area contributed by atoms with E-state index in [1.807, 2.05) is 30.3 Å². The summed E-state index contributed by atoms with van der Waals surface area (Å²) in [5.41, 5.74) is 0.897. The highest BCUT2D eigenvalue weighted by Gasteiger charge is 2.08. The van der Waals surface area contributed by atoms with Crippen molar-refractivity contribution in [1.29, 1.82) is 0 Å². The molecule has 0 fully saturated rings. The molecule has 4 aromatic rings. The number of nitrogens with zero attached hydrogens (tertiary/aromatic N) is 3. The van der Waals surface area contributed by atoms with E-state index in [1.54, 1.807) is 30.5 Å². The lowest BCUT2D eigenvalue weighted by Crippen LogP contribution is -2.10. The normalized spacial score (nSPS) is 10.7. The predicted molar refractivity (Wildman–Crippen MR) is 89.9 cm³/mol. The van der Waals surface area contributed by atoms with Gasteiger partial charge in [0.1, 0.15) is 23.5 Å². The van der Waals surface area contributed by atoms with Crippen LogP contribution in [0, 0.1) is 0 Å². The predicted octanol–water partition coefficient (Wildman–Crippen LogP) is 3.17. The molecule has 0 aliphatic carbocycles. The first-order chi connectivity index (χ1) is 11.8. The molecule has 0 radical (unpaired) electrons. The van der Waals surface area contributed by atoms with E-state index in [-0.39, 0.29) is 5.56 Å². The lowest BCUT2D eigenvalue weighted by atomic mass is 10.2. The zero-order valence-corrected chi connectivity index (χ0v) is 12.5. The molecule has 0 unspecified atom stereocenters. The Kier molecular flexibility index (Phi) is 3.47. The fraction of sp³-hybridized carbons (Fsp3) is 0. The minimum absolute atomic E-state index is 0.243. The summed E-state index contributed by atoms with van der Waals surface area (Å²) >= 11 is 0. The van der Waals surface area contributed by atoms with Gasteiger partial charge in [0.05, 0.1) is 10.9 Å². The van der Waals surface area contributed by atoms with Crippen LogP contribution in [0.15, 0.2) is 71.9 Å². The summed E-state index contributed by atoms with van der Waals surface area (Å²) in [5, 5.41) is 0.459. The van der Waals surface area contributed by atoms with Gasteiger partial charge in [-0.2, -0.15) is 0 Å². The summed E-state index contributed by atoms with van der Waals surface area (Å²) in [6, 6.07) is 16.3. The highest BCUT2D eigenvalue weighted by molar-refractivity contribution is 5.80. The number of hydrogen-bond donors (Lipinski definition) is 1. The molecule has 0 atom stereocenters. The topological polar surface area (TPSA) is 80.8 Å². The maximum absolute atomic E-state index is 12.4. The Morgan fingerprint density at radius 3 is 2.62 bits per heavy atom. The third kappa shape index (κ3) is 2.72. The van der Waals surface area contributed by atoms with Gasteiger partial charge < -0.3 is 9.72 Å². The average Bonchev–Trinajstić information content (AvgIpc) is 2.64. The highest BCUT2D eigenvalue weighted by atomic mass is 16.5. The fourth-order valence-electron chi connectivity index (χ4n) is 2.36. The lowest BCUT2D eigenvalue weighted by molar-refractivity contribution is 0.483. The van der Waals surface area contributed by atoms with Gasteiger partial charge in [0, 0.05) is 6.20 Å². The van der Waals surface area contributed by atoms with Crippen LogP contribution in [0.1, 0.15) is 0 Å². The van der Waals surface area contributed by atoms with Crippen molar-refractivity contribution >= 4 is 10.9 Å². The second kappa shape index (κ2) is 5.92. The molecule has 6 heteroatoms. The van der Waals surface area contributed by atoms with E-state index in [1.165, 1.54) is 6.33 Å². The zero-order valence-electron chi connectivity index (χ0n) is 12.5. The molecule has 0 amide bonds. The lowest BCUT2D eigenvalue weighted by Gasteiger charge is -2.07. The molecule has 24 heavy (non-hydrogen) atoms. The number of para-hydroxylation sites is 1. The molecule has 0 aliphatic rings. The molecule has 0 bridgehead atoms. The molecule has 0 saturated carbocycles. The Bertz CT molecular complexity index is 1050. The van der Waals surface area contributed by atoms with Crippen LogP contribution in [0.2, 0.25) is 0 Å². The maximum Gasteiger partial charge on any atom is 0.259 e. The highest BCUT2D eigenvalue weighted by Crippen LogP contribution is 2.24. The van der Waals surface area contributed by atoms with E-state index in [0.29, 0.717) is 33.9 Å². The van der Waals surface area contributed by atoms with Crippen molar-refractivity contribution in [2.24, 2.45) is 0 Å². The number of aromatic amines is 1. The number of aromatic nitrogens is 4. The summed E-state index contributed by atoms with van der Waals surface area (Å²) < 4.78 is 5.76. The number of fused-ring (bicyclic) bond motifs is 1. The van der Waals surface area contributed by atoms with Gasteiger partial charge in [0.2, 0.25) is 0 Å². The Morgan fingerprint density at radius 2 is 1.83 bits per heavy atom. The Balaban J connectivity index is 1.76. The van der Waals surface area contributed by atoms with Crippen LogP contribution in [0.5, 0.6) is 11.5 Å². The second-order valence-corrected chi connectivity index (χ2v) is 5.10. The summed E-state index contributed by atoms with van der Waals surface area (Å²) in [6.07, 6.45) is 3.01. The molecule has 2 aromatic heterocycles. The minimum Gasteiger partial charge on any atom is -0.457 e. The molecule has 1 N–H and O–H groups in total. The van der Waals surface area contributed by atoms with E-state index >= 15 is 0 Å². The maximum atomic E-state index is 12.4. The van der Waals surface area contributed by atoms with Crippen LogP contribution in [0.25, 0.3) is 22.4 Å². The molecular weight excluding hydrogens is 304 g/mol. The molecule has 2 aromatic carbocycles. The van der Waals surface area contributed by atoms with Crippen molar-refractivity contribution in [3.05, 3.63) is 77.5 Å². The molecule has 0 saturated heterocycles. The number of benzene rings is 2. The van der Waals surface area contributed by atoms with Crippen LogP contribution < -0.4 is 10.3 Å². The van der Waals surface area contributed by atoms with Crippen LogP contribution >= 0.6 is 0 Å². The number of ether oxygens (including phenoxy) is 1. The first-order valence-corrected chi connectivity index (χ1v) is 7.33. The van der Waals surface area contributed by atoms with E-state index < -0.39 is 0 Å². The fourth-order valence-corrected chi connectivity index (χ4v) is 2.36. The standard InChI is InChI=1S/C18H12N4O2/c23-18-14-10-13(24-12-4-2-1-3-5-12)6-7-15(14)21-17(22-18)16-8-9-19-11-20-16/h1-11H,(H,21,22,23). The van der Waals surface area contributed by atoms with Crippen molar-refractivity contribution in [3.8, 4) is 23.0 Å². The van der Waals surface area contributed by atoms with Crippen molar-refractivity contribution in [2.45, 2.75) is 0 Å². The Hall–Kier alpha value is -3.54. The third-order valence-corrected chi connectivity index (χ3v) is 3.48. The molecule has 2 heterocycles. The van der Waals surface area contributed by atoms with Crippen molar-refractivity contribution in [3.63, 3.8) is 0 Å². The van der Waals surface area contributed by atoms with Gasteiger partial charge in [-0.05, 0) is 36.4 Å². The van der Waals surface area contributed by atoms with Crippen molar-refractivity contribution in [1.82, 2.24) is 19.9 Å². The van der Waals surface area contributed by atoms with E-state index in [0.717, 1.165) is 0 Å². The smallest absolute Gasteiger partial charge is 0.259 e. The number of nitrogens with one attached hydrogen (secondary N) is 1. The van der Waals surface area contributed by atoms with Crippen LogP contribution in [0.4, 0.5) is 0 Å². The van der Waals surface area contributed by atoms with Crippen molar-refractivity contribution in [2.75, 3.05) is 0 Å².